The molecule has 0 spiro atoms. The van der Waals surface area contributed by atoms with Gasteiger partial charge >= 0.3 is 29.8 Å². The second-order valence-electron chi connectivity index (χ2n) is 7.72. The Hall–Kier alpha value is -0.990. The van der Waals surface area contributed by atoms with Gasteiger partial charge in [0, 0.05) is 12.3 Å². The first-order valence-electron chi connectivity index (χ1n) is 7.52. The minimum Gasteiger partial charge on any atom is -0.302 e. The van der Waals surface area contributed by atoms with Gasteiger partial charge in [-0.15, -0.1) is 0 Å². The fraction of sp³-hybridized carbons (Fsp3) is 1.00. The SMILES string of the molecule is CC(C)(C)C1(F)OC(C)(C(C)(F)F)OC1(F)C(C(F)(F)F)(C(F)(F)F)C(F)(F)F. The van der Waals surface area contributed by atoms with Crippen LogP contribution in [0.5, 0.6) is 0 Å². The summed E-state index contributed by atoms with van der Waals surface area (Å²) < 4.78 is 186. The van der Waals surface area contributed by atoms with Crippen LogP contribution >= 0.6 is 0 Å². The summed E-state index contributed by atoms with van der Waals surface area (Å²) in [4.78, 5) is 0. The second-order valence-corrected chi connectivity index (χ2v) is 7.72. The standard InChI is InChI=1S/C14H15F13O2/c1-6(2,3)10(17)11(18,29-8(5,28-10)7(4,15)16)9(12(19,20)21,13(22,23)24)14(25,26)27/h1-5H3. The van der Waals surface area contributed by atoms with Crippen molar-refractivity contribution in [1.82, 2.24) is 0 Å². The van der Waals surface area contributed by atoms with Gasteiger partial charge in [-0.2, -0.15) is 39.5 Å². The third-order valence-corrected chi connectivity index (χ3v) is 4.60. The van der Waals surface area contributed by atoms with Gasteiger partial charge in [0.2, 0.25) is 5.79 Å². The van der Waals surface area contributed by atoms with Crippen LogP contribution in [0.4, 0.5) is 57.1 Å². The first kappa shape index (κ1) is 26.0. The zero-order chi connectivity index (χ0) is 23.9. The minimum atomic E-state index is -7.64. The number of hydrogen-bond acceptors (Lipinski definition) is 2. The summed E-state index contributed by atoms with van der Waals surface area (Å²) in [6, 6.07) is 0. The highest BCUT2D eigenvalue weighted by Crippen LogP contribution is 2.74. The van der Waals surface area contributed by atoms with Crippen molar-refractivity contribution in [3.63, 3.8) is 0 Å². The fourth-order valence-electron chi connectivity index (χ4n) is 2.85. The molecular formula is C14H15F13O2. The van der Waals surface area contributed by atoms with Crippen molar-refractivity contribution >= 4 is 0 Å². The van der Waals surface area contributed by atoms with E-state index in [2.05, 4.69) is 9.47 Å². The van der Waals surface area contributed by atoms with Crippen molar-refractivity contribution in [2.45, 2.75) is 76.6 Å². The molecule has 29 heavy (non-hydrogen) atoms. The predicted molar refractivity (Wildman–Crippen MR) is 68.9 cm³/mol. The van der Waals surface area contributed by atoms with Gasteiger partial charge in [-0.3, -0.25) is 0 Å². The Balaban J connectivity index is 4.24. The van der Waals surface area contributed by atoms with Gasteiger partial charge in [0.1, 0.15) is 0 Å². The number of rotatable bonds is 2. The Bertz CT molecular complexity index is 602. The molecule has 2 nitrogen and oxygen atoms in total. The summed E-state index contributed by atoms with van der Waals surface area (Å²) in [5.41, 5.74) is -10.6. The molecule has 15 heteroatoms. The van der Waals surface area contributed by atoms with E-state index in [1.165, 1.54) is 0 Å². The molecule has 0 radical (unpaired) electrons. The smallest absolute Gasteiger partial charge is 0.302 e. The maximum Gasteiger partial charge on any atom is 0.418 e. The van der Waals surface area contributed by atoms with Gasteiger partial charge < -0.3 is 9.47 Å². The van der Waals surface area contributed by atoms with Gasteiger partial charge in [-0.25, -0.2) is 17.6 Å². The molecule has 1 fully saturated rings. The molecule has 0 saturated carbocycles. The van der Waals surface area contributed by atoms with Gasteiger partial charge in [0.25, 0.3) is 11.8 Å². The van der Waals surface area contributed by atoms with Crippen LogP contribution in [0.2, 0.25) is 0 Å². The van der Waals surface area contributed by atoms with Crippen LogP contribution in [0.15, 0.2) is 0 Å². The van der Waals surface area contributed by atoms with Crippen LogP contribution in [-0.2, 0) is 9.47 Å². The van der Waals surface area contributed by atoms with E-state index >= 15 is 8.78 Å². The normalized spacial score (nSPS) is 33.3. The first-order valence-corrected chi connectivity index (χ1v) is 7.52. The van der Waals surface area contributed by atoms with Crippen LogP contribution in [0.1, 0.15) is 34.6 Å². The molecule has 174 valence electrons. The van der Waals surface area contributed by atoms with Crippen LogP contribution in [0, 0.1) is 10.8 Å². The maximum absolute atomic E-state index is 15.5. The molecule has 1 aliphatic rings. The molecule has 1 heterocycles. The van der Waals surface area contributed by atoms with Gasteiger partial charge in [-0.1, -0.05) is 20.8 Å². The molecule has 1 rings (SSSR count). The molecule has 0 N–H and O–H groups in total. The predicted octanol–water partition coefficient (Wildman–Crippen LogP) is 6.46. The van der Waals surface area contributed by atoms with Crippen molar-refractivity contribution in [3.8, 4) is 0 Å². The highest BCUT2D eigenvalue weighted by atomic mass is 19.4. The van der Waals surface area contributed by atoms with Crippen LogP contribution in [-0.4, -0.2) is 41.9 Å². The highest BCUT2D eigenvalue weighted by Gasteiger charge is 3.00. The van der Waals surface area contributed by atoms with E-state index in [4.69, 9.17) is 0 Å². The summed E-state index contributed by atoms with van der Waals surface area (Å²) in [6.45, 7) is 0.578. The van der Waals surface area contributed by atoms with Gasteiger partial charge in [0.05, 0.1) is 0 Å². The van der Waals surface area contributed by atoms with E-state index in [9.17, 15) is 48.3 Å². The Kier molecular flexibility index (Phi) is 5.42. The van der Waals surface area contributed by atoms with Gasteiger partial charge in [-0.05, 0) is 6.92 Å². The van der Waals surface area contributed by atoms with Crippen LogP contribution < -0.4 is 0 Å². The summed E-state index contributed by atoms with van der Waals surface area (Å²) in [6.07, 6.45) is -22.9. The zero-order valence-corrected chi connectivity index (χ0v) is 15.2. The van der Waals surface area contributed by atoms with E-state index in [0.717, 1.165) is 0 Å². The number of halogens is 13. The topological polar surface area (TPSA) is 18.5 Å². The van der Waals surface area contributed by atoms with Crippen molar-refractivity contribution < 1.29 is 66.5 Å². The third-order valence-electron chi connectivity index (χ3n) is 4.60. The molecule has 3 atom stereocenters. The molecule has 3 unspecified atom stereocenters. The quantitative estimate of drug-likeness (QED) is 0.439. The van der Waals surface area contributed by atoms with E-state index in [1.54, 1.807) is 0 Å². The summed E-state index contributed by atoms with van der Waals surface area (Å²) in [5, 5.41) is 0. The second kappa shape index (κ2) is 6.04. The average molecular weight is 462 g/mol. The van der Waals surface area contributed by atoms with E-state index in [-0.39, 0.29) is 13.8 Å². The zero-order valence-electron chi connectivity index (χ0n) is 15.2. The van der Waals surface area contributed by atoms with E-state index in [0.29, 0.717) is 20.8 Å². The highest BCUT2D eigenvalue weighted by molar-refractivity contribution is 5.19. The number of hydrogen-bond donors (Lipinski definition) is 0. The molecule has 0 aromatic carbocycles. The first-order chi connectivity index (χ1) is 12.2. The van der Waals surface area contributed by atoms with Crippen molar-refractivity contribution in [1.29, 1.82) is 0 Å². The molecule has 0 amide bonds. The molecule has 1 saturated heterocycles. The average Bonchev–Trinajstić information content (AvgIpc) is 2.51. The molecular weight excluding hydrogens is 447 g/mol. The molecule has 0 aromatic heterocycles. The molecule has 0 aliphatic carbocycles. The minimum absolute atomic E-state index is 0.178. The van der Waals surface area contributed by atoms with Crippen molar-refractivity contribution in [3.05, 3.63) is 0 Å². The number of alkyl halides is 13. The van der Waals surface area contributed by atoms with Crippen molar-refractivity contribution in [2.75, 3.05) is 0 Å². The molecule has 1 aliphatic heterocycles. The van der Waals surface area contributed by atoms with Crippen molar-refractivity contribution in [2.24, 2.45) is 10.8 Å². The van der Waals surface area contributed by atoms with Crippen LogP contribution in [0.25, 0.3) is 0 Å². The fourth-order valence-corrected chi connectivity index (χ4v) is 2.85. The summed E-state index contributed by atoms with van der Waals surface area (Å²) >= 11 is 0. The lowest BCUT2D eigenvalue weighted by Gasteiger charge is -2.50. The number of ether oxygens (including phenoxy) is 2. The van der Waals surface area contributed by atoms with E-state index in [1.807, 2.05) is 0 Å². The van der Waals surface area contributed by atoms with E-state index < -0.39 is 52.8 Å². The Morgan fingerprint density at radius 1 is 0.552 bits per heavy atom. The Morgan fingerprint density at radius 3 is 1.03 bits per heavy atom. The monoisotopic (exact) mass is 462 g/mol. The maximum atomic E-state index is 15.5. The largest absolute Gasteiger partial charge is 0.418 e. The lowest BCUT2D eigenvalue weighted by Crippen LogP contribution is -2.76. The van der Waals surface area contributed by atoms with Gasteiger partial charge in [0.15, 0.2) is 0 Å². The lowest BCUT2D eigenvalue weighted by atomic mass is 9.68. The molecule has 0 bridgehead atoms. The summed E-state index contributed by atoms with van der Waals surface area (Å²) in [7, 11) is 0. The van der Waals surface area contributed by atoms with Crippen LogP contribution in [0.3, 0.4) is 0 Å². The summed E-state index contributed by atoms with van der Waals surface area (Å²) in [5.74, 6) is -20.9. The lowest BCUT2D eigenvalue weighted by molar-refractivity contribution is -0.508. The molecule has 0 aromatic rings. The Labute approximate surface area is 155 Å². The Morgan fingerprint density at radius 2 is 0.828 bits per heavy atom. The third kappa shape index (κ3) is 3.08.